The van der Waals surface area contributed by atoms with Gasteiger partial charge in [0, 0.05) is 28.8 Å². The minimum Gasteiger partial charge on any atom is -0.353 e. The zero-order valence-corrected chi connectivity index (χ0v) is 20.4. The third-order valence-electron chi connectivity index (χ3n) is 6.97. The van der Waals surface area contributed by atoms with Crippen molar-refractivity contribution in [3.05, 3.63) is 140 Å². The van der Waals surface area contributed by atoms with E-state index in [1.54, 1.807) is 13.1 Å². The second kappa shape index (κ2) is 9.72. The van der Waals surface area contributed by atoms with Crippen LogP contribution in [0, 0.1) is 6.92 Å². The summed E-state index contributed by atoms with van der Waals surface area (Å²) in [5, 5.41) is -0.0883. The van der Waals surface area contributed by atoms with Gasteiger partial charge in [0.25, 0.3) is 5.56 Å². The predicted octanol–water partition coefficient (Wildman–Crippen LogP) is 4.86. The number of thiol groups is 1. The monoisotopic (exact) mass is 484 g/mol. The first-order chi connectivity index (χ1) is 17.0. The molecule has 0 aliphatic carbocycles. The number of aromatic amines is 1. The Balaban J connectivity index is 1.60. The van der Waals surface area contributed by atoms with E-state index in [0.717, 1.165) is 0 Å². The maximum Gasteiger partial charge on any atom is 0.330 e. The highest BCUT2D eigenvalue weighted by Gasteiger charge is 2.44. The molecular formula is C29H28N2O3S. The van der Waals surface area contributed by atoms with Crippen molar-refractivity contribution in [2.45, 2.75) is 42.8 Å². The maximum absolute atomic E-state index is 12.5. The van der Waals surface area contributed by atoms with Crippen molar-refractivity contribution < 1.29 is 4.74 Å². The summed E-state index contributed by atoms with van der Waals surface area (Å²) < 4.78 is 8.00. The zero-order valence-electron chi connectivity index (χ0n) is 19.5. The van der Waals surface area contributed by atoms with Crippen molar-refractivity contribution in [2.75, 3.05) is 0 Å². The standard InChI is InChI=1S/C29H28N2O3S/c1-20-19-31(28(33)30-27(20)32)26-17-25(35)24(34-26)18-29(21-11-5-2-6-12-21,22-13-7-3-8-14-22)23-15-9-4-10-16-23/h2-16,19,24-26,35H,17-18H2,1H3,(H,30,32,33)/t24-,25+,26-/m1/s1. The SMILES string of the molecule is Cc1cn([C@H]2C[C@H](S)[C@@H](CC(c3ccccc3)(c3ccccc3)c3ccccc3)O2)c(=O)[nH]c1=O. The summed E-state index contributed by atoms with van der Waals surface area (Å²) in [7, 11) is 0. The Kier molecular flexibility index (Phi) is 6.50. The van der Waals surface area contributed by atoms with Crippen LogP contribution in [0.2, 0.25) is 0 Å². The fourth-order valence-corrected chi connectivity index (χ4v) is 5.55. The molecule has 1 aliphatic heterocycles. The highest BCUT2D eigenvalue weighted by Crippen LogP contribution is 2.46. The van der Waals surface area contributed by atoms with Crippen LogP contribution >= 0.6 is 12.6 Å². The number of hydrogen-bond donors (Lipinski definition) is 2. The van der Waals surface area contributed by atoms with Crippen LogP contribution in [0.1, 0.15) is 41.3 Å². The number of aromatic nitrogens is 2. The van der Waals surface area contributed by atoms with Gasteiger partial charge in [-0.05, 0) is 30.0 Å². The first-order valence-corrected chi connectivity index (χ1v) is 12.3. The van der Waals surface area contributed by atoms with E-state index in [0.29, 0.717) is 18.4 Å². The lowest BCUT2D eigenvalue weighted by molar-refractivity contribution is -0.00879. The molecule has 1 saturated heterocycles. The van der Waals surface area contributed by atoms with Gasteiger partial charge in [-0.2, -0.15) is 12.6 Å². The minimum absolute atomic E-state index is 0.0883. The molecular weight excluding hydrogens is 456 g/mol. The van der Waals surface area contributed by atoms with E-state index in [2.05, 4.69) is 77.8 Å². The summed E-state index contributed by atoms with van der Waals surface area (Å²) in [6.45, 7) is 1.69. The molecule has 35 heavy (non-hydrogen) atoms. The number of H-pyrrole nitrogens is 1. The number of ether oxygens (including phenoxy) is 1. The van der Waals surface area contributed by atoms with Crippen molar-refractivity contribution in [1.29, 1.82) is 0 Å². The van der Waals surface area contributed by atoms with Crippen molar-refractivity contribution in [3.8, 4) is 0 Å². The molecule has 0 spiro atoms. The van der Waals surface area contributed by atoms with Gasteiger partial charge in [0.15, 0.2) is 0 Å². The van der Waals surface area contributed by atoms with Gasteiger partial charge >= 0.3 is 5.69 Å². The molecule has 5 rings (SSSR count). The fraction of sp³-hybridized carbons (Fsp3) is 0.241. The second-order valence-electron chi connectivity index (χ2n) is 9.12. The number of aryl methyl sites for hydroxylation is 1. The zero-order chi connectivity index (χ0) is 24.4. The van der Waals surface area contributed by atoms with E-state index in [-0.39, 0.29) is 16.9 Å². The third kappa shape index (κ3) is 4.40. The molecule has 0 unspecified atom stereocenters. The van der Waals surface area contributed by atoms with Crippen LogP contribution in [0.3, 0.4) is 0 Å². The summed E-state index contributed by atoms with van der Waals surface area (Å²) in [6, 6.07) is 31.4. The molecule has 3 aromatic carbocycles. The first kappa shape index (κ1) is 23.4. The molecule has 0 radical (unpaired) electrons. The lowest BCUT2D eigenvalue weighted by Crippen LogP contribution is -2.36. The van der Waals surface area contributed by atoms with Crippen molar-refractivity contribution in [3.63, 3.8) is 0 Å². The van der Waals surface area contributed by atoms with Crippen molar-refractivity contribution in [1.82, 2.24) is 9.55 Å². The number of benzene rings is 3. The molecule has 0 saturated carbocycles. The van der Waals surface area contributed by atoms with Gasteiger partial charge in [0.2, 0.25) is 0 Å². The van der Waals surface area contributed by atoms with Crippen LogP contribution in [0.15, 0.2) is 107 Å². The number of rotatable bonds is 6. The Labute approximate surface area is 209 Å². The smallest absolute Gasteiger partial charge is 0.330 e. The van der Waals surface area contributed by atoms with E-state index in [4.69, 9.17) is 17.4 Å². The normalized spacial score (nSPS) is 20.1. The van der Waals surface area contributed by atoms with Crippen LogP contribution in [-0.2, 0) is 10.2 Å². The number of hydrogen-bond acceptors (Lipinski definition) is 4. The quantitative estimate of drug-likeness (QED) is 0.304. The highest BCUT2D eigenvalue weighted by molar-refractivity contribution is 7.81. The fourth-order valence-electron chi connectivity index (χ4n) is 5.19. The summed E-state index contributed by atoms with van der Waals surface area (Å²) in [5.41, 5.74) is 2.66. The largest absolute Gasteiger partial charge is 0.353 e. The van der Waals surface area contributed by atoms with E-state index >= 15 is 0 Å². The van der Waals surface area contributed by atoms with Gasteiger partial charge in [-0.25, -0.2) is 4.79 Å². The summed E-state index contributed by atoms with van der Waals surface area (Å²) in [4.78, 5) is 26.8. The molecule has 1 fully saturated rings. The van der Waals surface area contributed by atoms with Gasteiger partial charge in [0.1, 0.15) is 6.23 Å². The van der Waals surface area contributed by atoms with Gasteiger partial charge < -0.3 is 4.74 Å². The van der Waals surface area contributed by atoms with Crippen molar-refractivity contribution >= 4 is 12.6 Å². The second-order valence-corrected chi connectivity index (χ2v) is 9.78. The number of nitrogens with one attached hydrogen (secondary N) is 1. The Morgan fingerprint density at radius 1 is 0.886 bits per heavy atom. The molecule has 6 heteroatoms. The summed E-state index contributed by atoms with van der Waals surface area (Å²) >= 11 is 4.91. The Bertz CT molecular complexity index is 1300. The van der Waals surface area contributed by atoms with Gasteiger partial charge in [-0.15, -0.1) is 0 Å². The Hall–Kier alpha value is -3.35. The highest BCUT2D eigenvalue weighted by atomic mass is 32.1. The Morgan fingerprint density at radius 2 is 1.37 bits per heavy atom. The van der Waals surface area contributed by atoms with E-state index in [1.165, 1.54) is 21.3 Å². The molecule has 5 nitrogen and oxygen atoms in total. The van der Waals surface area contributed by atoms with Crippen LogP contribution in [0.25, 0.3) is 0 Å². The van der Waals surface area contributed by atoms with Crippen molar-refractivity contribution in [2.24, 2.45) is 0 Å². The van der Waals surface area contributed by atoms with Gasteiger partial charge in [0.05, 0.1) is 6.10 Å². The summed E-state index contributed by atoms with van der Waals surface area (Å²) in [5.74, 6) is 0. The van der Waals surface area contributed by atoms with Crippen LogP contribution < -0.4 is 11.2 Å². The van der Waals surface area contributed by atoms with Crippen LogP contribution in [0.5, 0.6) is 0 Å². The molecule has 4 aromatic rings. The molecule has 1 aromatic heterocycles. The molecule has 1 N–H and O–H groups in total. The van der Waals surface area contributed by atoms with E-state index in [1.807, 2.05) is 18.2 Å². The first-order valence-electron chi connectivity index (χ1n) is 11.8. The lowest BCUT2D eigenvalue weighted by atomic mass is 9.66. The molecule has 178 valence electrons. The molecule has 1 aliphatic rings. The molecule has 0 amide bonds. The molecule has 0 bridgehead atoms. The van der Waals surface area contributed by atoms with E-state index in [9.17, 15) is 9.59 Å². The lowest BCUT2D eigenvalue weighted by Gasteiger charge is -2.38. The Morgan fingerprint density at radius 3 is 1.86 bits per heavy atom. The van der Waals surface area contributed by atoms with E-state index < -0.39 is 17.3 Å². The molecule has 3 atom stereocenters. The maximum atomic E-state index is 12.5. The topological polar surface area (TPSA) is 64.1 Å². The third-order valence-corrected chi connectivity index (χ3v) is 7.51. The average molecular weight is 485 g/mol. The number of nitrogens with zero attached hydrogens (tertiary/aromatic N) is 1. The minimum atomic E-state index is -0.495. The molecule has 2 heterocycles. The van der Waals surface area contributed by atoms with Gasteiger partial charge in [-0.1, -0.05) is 91.0 Å². The van der Waals surface area contributed by atoms with Crippen LogP contribution in [-0.4, -0.2) is 20.9 Å². The predicted molar refractivity (Wildman–Crippen MR) is 141 cm³/mol. The van der Waals surface area contributed by atoms with Crippen LogP contribution in [0.4, 0.5) is 0 Å². The average Bonchev–Trinajstić information content (AvgIpc) is 3.25. The van der Waals surface area contributed by atoms with Gasteiger partial charge in [-0.3, -0.25) is 14.3 Å². The summed E-state index contributed by atoms with van der Waals surface area (Å²) in [6.07, 6.45) is 2.06.